The summed E-state index contributed by atoms with van der Waals surface area (Å²) in [5.74, 6) is 0.970. The van der Waals surface area contributed by atoms with Gasteiger partial charge in [-0.05, 0) is 31.2 Å². The first-order valence-electron chi connectivity index (χ1n) is 4.33. The van der Waals surface area contributed by atoms with Gasteiger partial charge in [-0.1, -0.05) is 0 Å². The highest BCUT2D eigenvalue weighted by Crippen LogP contribution is 2.31. The lowest BCUT2D eigenvalue weighted by molar-refractivity contribution is 0.0715. The van der Waals surface area contributed by atoms with E-state index in [-0.39, 0.29) is 5.97 Å². The second-order valence-corrected chi connectivity index (χ2v) is 2.95. The van der Waals surface area contributed by atoms with Crippen molar-refractivity contribution in [2.24, 2.45) is 0 Å². The third-order valence-corrected chi connectivity index (χ3v) is 2.18. The van der Waals surface area contributed by atoms with E-state index >= 15 is 0 Å². The molecule has 0 atom stereocenters. The van der Waals surface area contributed by atoms with Crippen LogP contribution in [0.1, 0.15) is 22.8 Å². The molecule has 0 spiro atoms. The van der Waals surface area contributed by atoms with Crippen LogP contribution in [0.5, 0.6) is 5.75 Å². The highest BCUT2D eigenvalue weighted by atomic mass is 16.5. The lowest BCUT2D eigenvalue weighted by Crippen LogP contribution is -1.94. The summed E-state index contributed by atoms with van der Waals surface area (Å²) in [4.78, 5) is 11.4. The summed E-state index contributed by atoms with van der Waals surface area (Å²) >= 11 is 0. The maximum atomic E-state index is 11.4. The fraction of sp³-hybridized carbons (Fsp3) is 0.182. The topological polar surface area (TPSA) is 35.5 Å². The summed E-state index contributed by atoms with van der Waals surface area (Å²) in [6.45, 7) is 1.84. The van der Waals surface area contributed by atoms with Crippen molar-refractivity contribution in [3.63, 3.8) is 0 Å². The number of allylic oxidation sites excluding steroid dienone is 1. The van der Waals surface area contributed by atoms with Crippen LogP contribution in [-0.2, 0) is 4.74 Å². The van der Waals surface area contributed by atoms with Crippen molar-refractivity contribution in [3.8, 4) is 5.75 Å². The van der Waals surface area contributed by atoms with E-state index in [0.717, 1.165) is 5.56 Å². The summed E-state index contributed by atoms with van der Waals surface area (Å²) < 4.78 is 10.1. The monoisotopic (exact) mass is 190 g/mol. The predicted octanol–water partition coefficient (Wildman–Crippen LogP) is 2.23. The van der Waals surface area contributed by atoms with Gasteiger partial charge < -0.3 is 9.47 Å². The van der Waals surface area contributed by atoms with Crippen LogP contribution in [-0.4, -0.2) is 13.1 Å². The van der Waals surface area contributed by atoms with Gasteiger partial charge in [0, 0.05) is 5.56 Å². The maximum absolute atomic E-state index is 11.4. The molecule has 14 heavy (non-hydrogen) atoms. The van der Waals surface area contributed by atoms with E-state index < -0.39 is 0 Å². The van der Waals surface area contributed by atoms with Gasteiger partial charge in [0.1, 0.15) is 11.5 Å². The fourth-order valence-electron chi connectivity index (χ4n) is 1.46. The van der Waals surface area contributed by atoms with Gasteiger partial charge in [0.25, 0.3) is 0 Å². The van der Waals surface area contributed by atoms with Gasteiger partial charge in [0.05, 0.1) is 12.7 Å². The molecule has 0 bridgehead atoms. The Morgan fingerprint density at radius 2 is 2.14 bits per heavy atom. The summed E-state index contributed by atoms with van der Waals surface area (Å²) in [7, 11) is 1.57. The molecule has 0 aliphatic carbocycles. The average Bonchev–Trinajstić information content (AvgIpc) is 2.55. The first-order valence-corrected chi connectivity index (χ1v) is 4.33. The normalized spacial score (nSPS) is 16.7. The molecule has 0 N–H and O–H groups in total. The Morgan fingerprint density at radius 3 is 2.79 bits per heavy atom. The van der Waals surface area contributed by atoms with Crippen molar-refractivity contribution in [1.29, 1.82) is 0 Å². The molecule has 0 saturated carbocycles. The molecule has 1 aliphatic heterocycles. The SMILES string of the molecule is C/C=C1/OC(=O)c2cc(OC)ccc21. The molecule has 72 valence electrons. The summed E-state index contributed by atoms with van der Waals surface area (Å²) in [5.41, 5.74) is 1.40. The predicted molar refractivity (Wildman–Crippen MR) is 52.1 cm³/mol. The van der Waals surface area contributed by atoms with Crippen molar-refractivity contribution in [2.75, 3.05) is 7.11 Å². The van der Waals surface area contributed by atoms with E-state index in [4.69, 9.17) is 9.47 Å². The molecule has 1 aliphatic rings. The van der Waals surface area contributed by atoms with Gasteiger partial charge in [-0.3, -0.25) is 0 Å². The number of benzene rings is 1. The van der Waals surface area contributed by atoms with Crippen LogP contribution in [0.3, 0.4) is 0 Å². The Balaban J connectivity index is 2.57. The van der Waals surface area contributed by atoms with Crippen molar-refractivity contribution in [2.45, 2.75) is 6.92 Å². The highest BCUT2D eigenvalue weighted by molar-refractivity contribution is 6.03. The number of ether oxygens (including phenoxy) is 2. The number of rotatable bonds is 1. The zero-order chi connectivity index (χ0) is 10.1. The van der Waals surface area contributed by atoms with Crippen LogP contribution >= 0.6 is 0 Å². The average molecular weight is 190 g/mol. The molecule has 2 rings (SSSR count). The van der Waals surface area contributed by atoms with Crippen molar-refractivity contribution in [3.05, 3.63) is 35.4 Å². The van der Waals surface area contributed by atoms with Crippen molar-refractivity contribution < 1.29 is 14.3 Å². The number of methoxy groups -OCH3 is 1. The van der Waals surface area contributed by atoms with Gasteiger partial charge >= 0.3 is 5.97 Å². The van der Waals surface area contributed by atoms with Gasteiger partial charge in [-0.25, -0.2) is 4.79 Å². The zero-order valence-corrected chi connectivity index (χ0v) is 8.03. The van der Waals surface area contributed by atoms with Crippen molar-refractivity contribution in [1.82, 2.24) is 0 Å². The molecule has 0 saturated heterocycles. The molecule has 1 heterocycles. The van der Waals surface area contributed by atoms with E-state index in [0.29, 0.717) is 17.1 Å². The second kappa shape index (κ2) is 3.18. The molecule has 0 fully saturated rings. The maximum Gasteiger partial charge on any atom is 0.344 e. The van der Waals surface area contributed by atoms with Gasteiger partial charge in [0.15, 0.2) is 0 Å². The standard InChI is InChI=1S/C11H10O3/c1-3-10-8-5-4-7(13-2)6-9(8)11(12)14-10/h3-6H,1-2H3/b10-3+. The smallest absolute Gasteiger partial charge is 0.344 e. The second-order valence-electron chi connectivity index (χ2n) is 2.95. The third kappa shape index (κ3) is 1.18. The molecule has 0 amide bonds. The van der Waals surface area contributed by atoms with Crippen LogP contribution in [0, 0.1) is 0 Å². The van der Waals surface area contributed by atoms with E-state index in [9.17, 15) is 4.79 Å². The molecule has 0 aromatic heterocycles. The lowest BCUT2D eigenvalue weighted by Gasteiger charge is -2.00. The van der Waals surface area contributed by atoms with Crippen molar-refractivity contribution >= 4 is 11.7 Å². The number of carbonyl (C=O) groups excluding carboxylic acids is 1. The molecule has 3 heteroatoms. The zero-order valence-electron chi connectivity index (χ0n) is 8.03. The minimum Gasteiger partial charge on any atom is -0.497 e. The molecular weight excluding hydrogens is 180 g/mol. The minimum atomic E-state index is -0.313. The molecular formula is C11H10O3. The van der Waals surface area contributed by atoms with E-state index in [1.54, 1.807) is 19.3 Å². The van der Waals surface area contributed by atoms with E-state index in [2.05, 4.69) is 0 Å². The van der Waals surface area contributed by atoms with Crippen LogP contribution in [0.4, 0.5) is 0 Å². The van der Waals surface area contributed by atoms with Gasteiger partial charge in [-0.2, -0.15) is 0 Å². The number of cyclic esters (lactones) is 1. The minimum absolute atomic E-state index is 0.313. The Labute approximate surface area is 81.9 Å². The molecule has 3 nitrogen and oxygen atoms in total. The van der Waals surface area contributed by atoms with E-state index in [1.807, 2.05) is 19.1 Å². The highest BCUT2D eigenvalue weighted by Gasteiger charge is 2.25. The van der Waals surface area contributed by atoms with Crippen LogP contribution in [0.2, 0.25) is 0 Å². The lowest BCUT2D eigenvalue weighted by atomic mass is 10.1. The first kappa shape index (κ1) is 8.81. The number of hydrogen-bond donors (Lipinski definition) is 0. The molecule has 0 unspecified atom stereocenters. The molecule has 1 aromatic rings. The quantitative estimate of drug-likeness (QED) is 0.637. The fourth-order valence-corrected chi connectivity index (χ4v) is 1.46. The largest absolute Gasteiger partial charge is 0.497 e. The number of fused-ring (bicyclic) bond motifs is 1. The Bertz CT molecular complexity index is 419. The molecule has 1 aromatic carbocycles. The summed E-state index contributed by atoms with van der Waals surface area (Å²) in [6, 6.07) is 5.33. The van der Waals surface area contributed by atoms with E-state index in [1.165, 1.54) is 0 Å². The van der Waals surface area contributed by atoms with Crippen LogP contribution < -0.4 is 4.74 Å². The number of esters is 1. The first-order chi connectivity index (χ1) is 6.76. The number of carbonyl (C=O) groups is 1. The van der Waals surface area contributed by atoms with Crippen LogP contribution in [0.15, 0.2) is 24.3 Å². The number of hydrogen-bond acceptors (Lipinski definition) is 3. The summed E-state index contributed by atoms with van der Waals surface area (Å²) in [5, 5.41) is 0. The Morgan fingerprint density at radius 1 is 1.36 bits per heavy atom. The van der Waals surface area contributed by atoms with Gasteiger partial charge in [0.2, 0.25) is 0 Å². The Hall–Kier alpha value is -1.77. The third-order valence-electron chi connectivity index (χ3n) is 2.18. The van der Waals surface area contributed by atoms with Crippen LogP contribution in [0.25, 0.3) is 5.76 Å². The molecule has 0 radical (unpaired) electrons. The Kier molecular flexibility index (Phi) is 2.00. The van der Waals surface area contributed by atoms with Gasteiger partial charge in [-0.15, -0.1) is 0 Å². The summed E-state index contributed by atoms with van der Waals surface area (Å²) in [6.07, 6.45) is 1.77.